The number of esters is 1. The molecule has 0 rings (SSSR count). The molecule has 0 amide bonds. The maximum Gasteiger partial charge on any atom is 0.472 e. The van der Waals surface area contributed by atoms with Crippen LogP contribution in [0.15, 0.2) is 0 Å². The topological polar surface area (TPSA) is 117 Å². The SMILES string of the molecule is CCCCCCCCCCCCCCCCCCCCC(=O)OC(COCCCCCCCCCC)COP(=O)(O)OCCN. The molecule has 270 valence electrons. The van der Waals surface area contributed by atoms with Crippen molar-refractivity contribution in [3.63, 3.8) is 0 Å². The zero-order valence-electron chi connectivity index (χ0n) is 29.6. The normalized spacial score (nSPS) is 13.6. The van der Waals surface area contributed by atoms with Crippen molar-refractivity contribution in [3.8, 4) is 0 Å². The van der Waals surface area contributed by atoms with Crippen LogP contribution >= 0.6 is 7.82 Å². The molecule has 0 aromatic carbocycles. The zero-order valence-corrected chi connectivity index (χ0v) is 30.5. The molecule has 0 saturated carbocycles. The highest BCUT2D eigenvalue weighted by Crippen LogP contribution is 2.43. The van der Waals surface area contributed by atoms with E-state index in [1.807, 2.05) is 0 Å². The second-order valence-electron chi connectivity index (χ2n) is 12.8. The Labute approximate surface area is 278 Å². The van der Waals surface area contributed by atoms with Gasteiger partial charge < -0.3 is 20.1 Å². The van der Waals surface area contributed by atoms with Gasteiger partial charge in [0.05, 0.1) is 19.8 Å². The van der Waals surface area contributed by atoms with Crippen LogP contribution in [-0.4, -0.2) is 49.9 Å². The zero-order chi connectivity index (χ0) is 33.1. The average molecular weight is 664 g/mol. The van der Waals surface area contributed by atoms with E-state index >= 15 is 0 Å². The Bertz CT molecular complexity index is 667. The number of carbonyl (C=O) groups excluding carboxylic acids is 1. The van der Waals surface area contributed by atoms with Crippen molar-refractivity contribution < 1.29 is 32.8 Å². The third kappa shape index (κ3) is 34.6. The quantitative estimate of drug-likeness (QED) is 0.0383. The van der Waals surface area contributed by atoms with Crippen molar-refractivity contribution in [2.45, 2.75) is 193 Å². The van der Waals surface area contributed by atoms with Crippen LogP contribution in [0, 0.1) is 0 Å². The van der Waals surface area contributed by atoms with E-state index in [-0.39, 0.29) is 32.3 Å². The first-order valence-electron chi connectivity index (χ1n) is 19.0. The van der Waals surface area contributed by atoms with Gasteiger partial charge in [-0.1, -0.05) is 168 Å². The number of carbonyl (C=O) groups is 1. The Morgan fingerprint density at radius 1 is 0.578 bits per heavy atom. The number of unbranched alkanes of at least 4 members (excludes halogenated alkanes) is 24. The molecule has 0 aromatic rings. The van der Waals surface area contributed by atoms with E-state index in [0.717, 1.165) is 32.1 Å². The summed E-state index contributed by atoms with van der Waals surface area (Å²) in [6.07, 6.45) is 32.6. The minimum atomic E-state index is -4.26. The molecule has 0 aliphatic carbocycles. The second-order valence-corrected chi connectivity index (χ2v) is 14.3. The molecule has 0 aromatic heterocycles. The summed E-state index contributed by atoms with van der Waals surface area (Å²) in [5, 5.41) is 0. The van der Waals surface area contributed by atoms with Gasteiger partial charge in [0.25, 0.3) is 0 Å². The molecular formula is C36H74NO7P. The highest BCUT2D eigenvalue weighted by molar-refractivity contribution is 7.47. The molecule has 45 heavy (non-hydrogen) atoms. The van der Waals surface area contributed by atoms with Crippen LogP contribution in [0.4, 0.5) is 0 Å². The van der Waals surface area contributed by atoms with E-state index in [1.165, 1.54) is 135 Å². The van der Waals surface area contributed by atoms with E-state index in [0.29, 0.717) is 13.0 Å². The number of rotatable bonds is 37. The molecule has 3 N–H and O–H groups in total. The molecule has 2 unspecified atom stereocenters. The van der Waals surface area contributed by atoms with Crippen LogP contribution in [0.5, 0.6) is 0 Å². The maximum absolute atomic E-state index is 12.5. The molecule has 0 heterocycles. The summed E-state index contributed by atoms with van der Waals surface area (Å²) >= 11 is 0. The van der Waals surface area contributed by atoms with Crippen LogP contribution in [0.1, 0.15) is 187 Å². The Hall–Kier alpha value is -0.500. The first kappa shape index (κ1) is 44.5. The molecule has 0 radical (unpaired) electrons. The van der Waals surface area contributed by atoms with Gasteiger partial charge in [0.2, 0.25) is 0 Å². The highest BCUT2D eigenvalue weighted by Gasteiger charge is 2.25. The molecule has 2 atom stereocenters. The highest BCUT2D eigenvalue weighted by atomic mass is 31.2. The first-order chi connectivity index (χ1) is 21.9. The largest absolute Gasteiger partial charge is 0.472 e. The van der Waals surface area contributed by atoms with E-state index in [9.17, 15) is 14.3 Å². The summed E-state index contributed by atoms with van der Waals surface area (Å²) in [6.45, 7) is 4.93. The third-order valence-corrected chi connectivity index (χ3v) is 9.26. The maximum atomic E-state index is 12.5. The summed E-state index contributed by atoms with van der Waals surface area (Å²) in [5.74, 6) is -0.327. The van der Waals surface area contributed by atoms with Crippen LogP contribution in [0.3, 0.4) is 0 Å². The van der Waals surface area contributed by atoms with Gasteiger partial charge in [-0.15, -0.1) is 0 Å². The van der Waals surface area contributed by atoms with Gasteiger partial charge in [-0.05, 0) is 12.8 Å². The summed E-state index contributed by atoms with van der Waals surface area (Å²) in [7, 11) is -4.26. The van der Waals surface area contributed by atoms with Crippen LogP contribution < -0.4 is 5.73 Å². The predicted octanol–water partition coefficient (Wildman–Crippen LogP) is 10.6. The first-order valence-corrected chi connectivity index (χ1v) is 20.5. The number of phosphoric ester groups is 1. The van der Waals surface area contributed by atoms with Crippen molar-refractivity contribution in [1.82, 2.24) is 0 Å². The van der Waals surface area contributed by atoms with E-state index < -0.39 is 13.9 Å². The van der Waals surface area contributed by atoms with Crippen molar-refractivity contribution >= 4 is 13.8 Å². The Balaban J connectivity index is 3.95. The van der Waals surface area contributed by atoms with E-state index in [4.69, 9.17) is 24.3 Å². The molecule has 0 fully saturated rings. The second kappa shape index (κ2) is 34.8. The van der Waals surface area contributed by atoms with Crippen molar-refractivity contribution in [2.75, 3.05) is 33.0 Å². The number of phosphoric acid groups is 1. The fourth-order valence-corrected chi connectivity index (χ4v) is 6.23. The predicted molar refractivity (Wildman–Crippen MR) is 187 cm³/mol. The van der Waals surface area contributed by atoms with E-state index in [2.05, 4.69) is 13.8 Å². The van der Waals surface area contributed by atoms with Gasteiger partial charge in [-0.2, -0.15) is 0 Å². The average Bonchev–Trinajstić information content (AvgIpc) is 3.02. The standard InChI is InChI=1S/C36H74NO7P/c1-3-5-7-9-11-13-14-15-16-17-18-19-20-21-22-23-25-27-29-36(38)44-35(34-43-45(39,40)42-32-30-37)33-41-31-28-26-24-12-10-8-6-4-2/h35H,3-34,37H2,1-2H3,(H,39,40). The van der Waals surface area contributed by atoms with Crippen LogP contribution in [-0.2, 0) is 27.9 Å². The fourth-order valence-electron chi connectivity index (χ4n) is 5.47. The molecule has 9 heteroatoms. The lowest BCUT2D eigenvalue weighted by molar-refractivity contribution is -0.154. The van der Waals surface area contributed by atoms with Crippen molar-refractivity contribution in [1.29, 1.82) is 0 Å². The van der Waals surface area contributed by atoms with Crippen LogP contribution in [0.25, 0.3) is 0 Å². The van der Waals surface area contributed by atoms with Crippen molar-refractivity contribution in [3.05, 3.63) is 0 Å². The number of hydrogen-bond acceptors (Lipinski definition) is 7. The van der Waals surface area contributed by atoms with Gasteiger partial charge in [0.15, 0.2) is 0 Å². The van der Waals surface area contributed by atoms with Gasteiger partial charge >= 0.3 is 13.8 Å². The minimum absolute atomic E-state index is 0.0907. The Morgan fingerprint density at radius 2 is 0.978 bits per heavy atom. The molecule has 0 bridgehead atoms. The lowest BCUT2D eigenvalue weighted by Gasteiger charge is -2.20. The minimum Gasteiger partial charge on any atom is -0.457 e. The van der Waals surface area contributed by atoms with Gasteiger partial charge in [0.1, 0.15) is 6.10 Å². The number of nitrogens with two attached hydrogens (primary N) is 1. The number of hydrogen-bond donors (Lipinski definition) is 2. The summed E-state index contributed by atoms with van der Waals surface area (Å²) in [4.78, 5) is 22.3. The smallest absolute Gasteiger partial charge is 0.457 e. The molecule has 0 saturated heterocycles. The third-order valence-electron chi connectivity index (χ3n) is 8.27. The van der Waals surface area contributed by atoms with Gasteiger partial charge in [-0.3, -0.25) is 13.8 Å². The molecular weight excluding hydrogens is 589 g/mol. The van der Waals surface area contributed by atoms with Crippen molar-refractivity contribution in [2.24, 2.45) is 5.73 Å². The van der Waals surface area contributed by atoms with Crippen LogP contribution in [0.2, 0.25) is 0 Å². The molecule has 0 aliphatic rings. The van der Waals surface area contributed by atoms with E-state index in [1.54, 1.807) is 0 Å². The summed E-state index contributed by atoms with van der Waals surface area (Å²) < 4.78 is 33.2. The lowest BCUT2D eigenvalue weighted by atomic mass is 10.0. The lowest BCUT2D eigenvalue weighted by Crippen LogP contribution is -2.28. The monoisotopic (exact) mass is 664 g/mol. The molecule has 8 nitrogen and oxygen atoms in total. The fraction of sp³-hybridized carbons (Fsp3) is 0.972. The number of ether oxygens (including phenoxy) is 2. The Morgan fingerprint density at radius 3 is 1.40 bits per heavy atom. The Kier molecular flexibility index (Phi) is 34.4. The molecule has 0 aliphatic heterocycles. The summed E-state index contributed by atoms with van der Waals surface area (Å²) in [6, 6.07) is 0. The van der Waals surface area contributed by atoms with Gasteiger partial charge in [0, 0.05) is 19.6 Å². The van der Waals surface area contributed by atoms with Gasteiger partial charge in [-0.25, -0.2) is 4.57 Å². The molecule has 0 spiro atoms. The summed E-state index contributed by atoms with van der Waals surface area (Å²) in [5.41, 5.74) is 5.34.